The third-order valence-corrected chi connectivity index (χ3v) is 7.23. The van der Waals surface area contributed by atoms with Gasteiger partial charge in [-0.15, -0.1) is 0 Å². The summed E-state index contributed by atoms with van der Waals surface area (Å²) in [5.74, 6) is 0. The van der Waals surface area contributed by atoms with Gasteiger partial charge in [0.1, 0.15) is 4.90 Å². The lowest BCUT2D eigenvalue weighted by atomic mass is 10.0. The van der Waals surface area contributed by atoms with Gasteiger partial charge in [-0.05, 0) is 41.5 Å². The lowest BCUT2D eigenvalue weighted by Crippen LogP contribution is -2.49. The van der Waals surface area contributed by atoms with Crippen LogP contribution in [0.4, 0.5) is 0 Å². The molecule has 0 radical (unpaired) electrons. The first-order chi connectivity index (χ1) is 13.1. The molecule has 0 bridgehead atoms. The van der Waals surface area contributed by atoms with E-state index in [1.807, 2.05) is 6.07 Å². The molecule has 0 saturated carbocycles. The van der Waals surface area contributed by atoms with Crippen molar-refractivity contribution in [1.82, 2.24) is 14.2 Å². The Bertz CT molecular complexity index is 1030. The third kappa shape index (κ3) is 3.60. The van der Waals surface area contributed by atoms with Crippen LogP contribution in [0, 0.1) is 0 Å². The Morgan fingerprint density at radius 1 is 0.926 bits per heavy atom. The highest BCUT2D eigenvalue weighted by atomic mass is 32.2. The van der Waals surface area contributed by atoms with E-state index in [1.165, 1.54) is 22.5 Å². The summed E-state index contributed by atoms with van der Waals surface area (Å²) < 4.78 is 27.1. The fraction of sp³-hybridized carbons (Fsp3) is 0.286. The summed E-state index contributed by atoms with van der Waals surface area (Å²) in [5.41, 5.74) is 1.26. The predicted molar refractivity (Wildman–Crippen MR) is 107 cm³/mol. The minimum Gasteiger partial charge on any atom is -0.294 e. The molecule has 0 spiro atoms. The minimum atomic E-state index is -3.46. The Hall–Kier alpha value is -2.28. The van der Waals surface area contributed by atoms with Crippen molar-refractivity contribution in [3.8, 4) is 0 Å². The Morgan fingerprint density at radius 3 is 2.37 bits per heavy atom. The number of hydrogen-bond donors (Lipinski definition) is 0. The van der Waals surface area contributed by atoms with E-state index in [9.17, 15) is 8.42 Å². The van der Waals surface area contributed by atoms with E-state index in [1.54, 1.807) is 22.6 Å². The first-order valence-electron chi connectivity index (χ1n) is 9.18. The first-order valence-corrected chi connectivity index (χ1v) is 10.6. The Morgan fingerprint density at radius 2 is 1.67 bits per heavy atom. The molecule has 3 aromatic rings. The molecule has 1 saturated heterocycles. The SMILES string of the molecule is CC(c1ccc2ccccc2c1)N1CCN(S(=O)(=O)c2cccnc2)CC1. The van der Waals surface area contributed by atoms with E-state index in [0.717, 1.165) is 0 Å². The molecule has 5 nitrogen and oxygen atoms in total. The van der Waals surface area contributed by atoms with Crippen molar-refractivity contribution in [1.29, 1.82) is 0 Å². The average Bonchev–Trinajstić information content (AvgIpc) is 2.73. The Balaban J connectivity index is 1.47. The maximum absolute atomic E-state index is 12.7. The molecule has 140 valence electrons. The normalized spacial score (nSPS) is 17.8. The third-order valence-electron chi connectivity index (χ3n) is 5.35. The molecule has 6 heteroatoms. The van der Waals surface area contributed by atoms with Gasteiger partial charge in [-0.25, -0.2) is 8.42 Å². The summed E-state index contributed by atoms with van der Waals surface area (Å²) in [5, 5.41) is 2.47. The van der Waals surface area contributed by atoms with Gasteiger partial charge in [0.15, 0.2) is 0 Å². The van der Waals surface area contributed by atoms with E-state index >= 15 is 0 Å². The number of hydrogen-bond acceptors (Lipinski definition) is 4. The summed E-state index contributed by atoms with van der Waals surface area (Å²) in [6.45, 7) is 4.61. The summed E-state index contributed by atoms with van der Waals surface area (Å²) in [6, 6.07) is 18.4. The van der Waals surface area contributed by atoms with Gasteiger partial charge in [0, 0.05) is 44.6 Å². The van der Waals surface area contributed by atoms with E-state index in [4.69, 9.17) is 0 Å². The molecule has 0 amide bonds. The number of fused-ring (bicyclic) bond motifs is 1. The summed E-state index contributed by atoms with van der Waals surface area (Å²) in [6.07, 6.45) is 3.00. The van der Waals surface area contributed by atoms with E-state index in [0.29, 0.717) is 26.2 Å². The van der Waals surface area contributed by atoms with Crippen LogP contribution >= 0.6 is 0 Å². The van der Waals surface area contributed by atoms with Crippen molar-refractivity contribution in [2.24, 2.45) is 0 Å². The van der Waals surface area contributed by atoms with Gasteiger partial charge in [0.2, 0.25) is 10.0 Å². The van der Waals surface area contributed by atoms with E-state index < -0.39 is 10.0 Å². The molecule has 1 aliphatic heterocycles. The number of sulfonamides is 1. The maximum Gasteiger partial charge on any atom is 0.244 e. The molecular formula is C21H23N3O2S. The van der Waals surface area contributed by atoms with Gasteiger partial charge in [-0.1, -0.05) is 36.4 Å². The number of piperazine rings is 1. The molecule has 1 fully saturated rings. The smallest absolute Gasteiger partial charge is 0.244 e. The van der Waals surface area contributed by atoms with Crippen LogP contribution in [0.25, 0.3) is 10.8 Å². The second-order valence-electron chi connectivity index (χ2n) is 6.91. The topological polar surface area (TPSA) is 53.5 Å². The van der Waals surface area contributed by atoms with Gasteiger partial charge < -0.3 is 0 Å². The molecular weight excluding hydrogens is 358 g/mol. The molecule has 27 heavy (non-hydrogen) atoms. The molecule has 0 N–H and O–H groups in total. The van der Waals surface area contributed by atoms with Crippen molar-refractivity contribution < 1.29 is 8.42 Å². The van der Waals surface area contributed by atoms with Gasteiger partial charge in [0.25, 0.3) is 0 Å². The van der Waals surface area contributed by atoms with Crippen LogP contribution in [0.3, 0.4) is 0 Å². The lowest BCUT2D eigenvalue weighted by Gasteiger charge is -2.37. The highest BCUT2D eigenvalue weighted by molar-refractivity contribution is 7.89. The number of pyridine rings is 1. The summed E-state index contributed by atoms with van der Waals surface area (Å²) >= 11 is 0. The van der Waals surface area contributed by atoms with Gasteiger partial charge in [0.05, 0.1) is 0 Å². The zero-order valence-corrected chi connectivity index (χ0v) is 16.1. The van der Waals surface area contributed by atoms with Crippen LogP contribution in [-0.2, 0) is 10.0 Å². The van der Waals surface area contributed by atoms with Crippen molar-refractivity contribution >= 4 is 20.8 Å². The first kappa shape index (κ1) is 18.1. The number of nitrogens with zero attached hydrogens (tertiary/aromatic N) is 3. The number of benzene rings is 2. The van der Waals surface area contributed by atoms with Crippen LogP contribution in [0.5, 0.6) is 0 Å². The minimum absolute atomic E-state index is 0.248. The molecule has 0 aliphatic carbocycles. The molecule has 2 aromatic carbocycles. The second-order valence-corrected chi connectivity index (χ2v) is 8.85. The maximum atomic E-state index is 12.7. The Labute approximate surface area is 160 Å². The zero-order chi connectivity index (χ0) is 18.9. The van der Waals surface area contributed by atoms with Crippen LogP contribution < -0.4 is 0 Å². The molecule has 1 aromatic heterocycles. The molecule has 1 aliphatic rings. The molecule has 1 atom stereocenters. The molecule has 2 heterocycles. The second kappa shape index (κ2) is 7.38. The van der Waals surface area contributed by atoms with E-state index in [-0.39, 0.29) is 10.9 Å². The van der Waals surface area contributed by atoms with Crippen molar-refractivity contribution in [3.05, 3.63) is 72.6 Å². The van der Waals surface area contributed by atoms with Crippen molar-refractivity contribution in [3.63, 3.8) is 0 Å². The van der Waals surface area contributed by atoms with Gasteiger partial charge >= 0.3 is 0 Å². The van der Waals surface area contributed by atoms with Crippen LogP contribution in [0.1, 0.15) is 18.5 Å². The monoisotopic (exact) mass is 381 g/mol. The fourth-order valence-corrected chi connectivity index (χ4v) is 5.05. The molecule has 4 rings (SSSR count). The number of aromatic nitrogens is 1. The van der Waals surface area contributed by atoms with Gasteiger partial charge in [-0.3, -0.25) is 9.88 Å². The lowest BCUT2D eigenvalue weighted by molar-refractivity contribution is 0.146. The van der Waals surface area contributed by atoms with Crippen LogP contribution in [0.2, 0.25) is 0 Å². The van der Waals surface area contributed by atoms with Crippen molar-refractivity contribution in [2.45, 2.75) is 17.9 Å². The van der Waals surface area contributed by atoms with Crippen LogP contribution in [-0.4, -0.2) is 48.8 Å². The highest BCUT2D eigenvalue weighted by Gasteiger charge is 2.30. The van der Waals surface area contributed by atoms with Gasteiger partial charge in [-0.2, -0.15) is 4.31 Å². The number of rotatable bonds is 4. The zero-order valence-electron chi connectivity index (χ0n) is 15.3. The molecule has 1 unspecified atom stereocenters. The summed E-state index contributed by atoms with van der Waals surface area (Å²) in [4.78, 5) is 6.55. The fourth-order valence-electron chi connectivity index (χ4n) is 3.66. The van der Waals surface area contributed by atoms with E-state index in [2.05, 4.69) is 53.2 Å². The Kier molecular flexibility index (Phi) is 4.95. The predicted octanol–water partition coefficient (Wildman–Crippen LogP) is 3.30. The van der Waals surface area contributed by atoms with Crippen LogP contribution in [0.15, 0.2) is 71.9 Å². The quantitative estimate of drug-likeness (QED) is 0.696. The standard InChI is InChI=1S/C21H23N3O2S/c1-17(19-9-8-18-5-2-3-6-20(18)15-19)23-11-13-24(14-12-23)27(25,26)21-7-4-10-22-16-21/h2-10,15-17H,11-14H2,1H3. The average molecular weight is 382 g/mol. The largest absolute Gasteiger partial charge is 0.294 e. The highest BCUT2D eigenvalue weighted by Crippen LogP contribution is 2.26. The van der Waals surface area contributed by atoms with Crippen molar-refractivity contribution in [2.75, 3.05) is 26.2 Å². The summed E-state index contributed by atoms with van der Waals surface area (Å²) in [7, 11) is -3.46.